The number of hydrogen-bond donors (Lipinski definition) is 2. The van der Waals surface area contributed by atoms with Crippen LogP contribution in [-0.2, 0) is 11.2 Å². The van der Waals surface area contributed by atoms with Crippen LogP contribution in [0.15, 0.2) is 30.3 Å². The third kappa shape index (κ3) is 13.5. The number of hydrogen-bond acceptors (Lipinski definition) is 2. The Morgan fingerprint density at radius 2 is 1.44 bits per heavy atom. The average Bonchev–Trinajstić information content (AvgIpc) is 2.06. The van der Waals surface area contributed by atoms with Crippen LogP contribution < -0.4 is 5.73 Å². The fourth-order valence-electron chi connectivity index (χ4n) is 0.955. The number of rotatable bonds is 3. The molecule has 0 saturated carbocycles. The Morgan fingerprint density at radius 1 is 1.06 bits per heavy atom. The van der Waals surface area contributed by atoms with Crippen LogP contribution in [0.2, 0.25) is 0 Å². The fourth-order valence-corrected chi connectivity index (χ4v) is 0.955. The molecule has 0 amide bonds. The molecule has 0 bridgehead atoms. The molecule has 0 aromatic heterocycles. The van der Waals surface area contributed by atoms with Crippen LogP contribution in [0.25, 0.3) is 0 Å². The van der Waals surface area contributed by atoms with Gasteiger partial charge in [-0.1, -0.05) is 30.3 Å². The van der Waals surface area contributed by atoms with E-state index in [1.54, 1.807) is 0 Å². The molecule has 9 heteroatoms. The summed E-state index contributed by atoms with van der Waals surface area (Å²) in [5.74, 6) is -0.959. The summed E-state index contributed by atoms with van der Waals surface area (Å²) in [6.07, 6.45) is 0.385. The van der Waals surface area contributed by atoms with Gasteiger partial charge in [-0.2, -0.15) is 0 Å². The van der Waals surface area contributed by atoms with Crippen molar-refractivity contribution in [3.8, 4) is 0 Å². The molecule has 0 spiro atoms. The normalized spacial score (nSPS) is 8.28. The Hall–Kier alpha value is -0.550. The van der Waals surface area contributed by atoms with E-state index in [9.17, 15) is 4.79 Å². The molecule has 1 unspecified atom stereocenters. The molecule has 1 aromatic rings. The average molecular weight is 279 g/mol. The van der Waals surface area contributed by atoms with Crippen molar-refractivity contribution in [1.29, 1.82) is 0 Å². The number of benzene rings is 1. The second kappa shape index (κ2) is 18.8. The van der Waals surface area contributed by atoms with Gasteiger partial charge in [-0.05, 0) is 12.0 Å². The topological polar surface area (TPSA) is 221 Å². The van der Waals surface area contributed by atoms with E-state index in [0.29, 0.717) is 6.42 Å². The zero-order valence-electron chi connectivity index (χ0n) is 9.10. The van der Waals surface area contributed by atoms with Crippen LogP contribution in [-0.4, -0.2) is 74.1 Å². The van der Waals surface area contributed by atoms with Gasteiger partial charge in [0.25, 0.3) is 0 Å². The molecule has 18 heavy (non-hydrogen) atoms. The van der Waals surface area contributed by atoms with Gasteiger partial charge in [-0.3, -0.25) is 4.79 Å². The first-order chi connectivity index (χ1) is 5.70. The van der Waals surface area contributed by atoms with E-state index >= 15 is 0 Å². The van der Waals surface area contributed by atoms with Gasteiger partial charge in [-0.15, -0.1) is 0 Å². The van der Waals surface area contributed by atoms with Gasteiger partial charge < -0.3 is 38.2 Å². The van der Waals surface area contributed by atoms with Gasteiger partial charge in [0, 0.05) is 0 Å². The van der Waals surface area contributed by atoms with E-state index in [1.165, 1.54) is 0 Å². The maximum absolute atomic E-state index is 10.4. The van der Waals surface area contributed by atoms with E-state index in [0.717, 1.165) is 5.56 Å². The fraction of sp³-hybridized carbons (Fsp3) is 0.222. The summed E-state index contributed by atoms with van der Waals surface area (Å²) in [7, 11) is 0. The Morgan fingerprint density at radius 3 is 1.78 bits per heavy atom. The summed E-state index contributed by atoms with van der Waals surface area (Å²) >= 11 is 0. The predicted octanol–water partition coefficient (Wildman–Crippen LogP) is -4.13. The molecule has 0 aliphatic rings. The van der Waals surface area contributed by atoms with Crippen molar-refractivity contribution in [2.45, 2.75) is 12.5 Å². The van der Waals surface area contributed by atoms with Gasteiger partial charge in [0.15, 0.2) is 0 Å². The zero-order valence-corrected chi connectivity index (χ0v) is 9.10. The van der Waals surface area contributed by atoms with E-state index < -0.39 is 12.0 Å². The summed E-state index contributed by atoms with van der Waals surface area (Å²) in [5.41, 5.74) is 6.30. The van der Waals surface area contributed by atoms with Crippen LogP contribution in [0, 0.1) is 0 Å². The van der Waals surface area contributed by atoms with Crippen molar-refractivity contribution in [2.75, 3.05) is 0 Å². The van der Waals surface area contributed by atoms with Gasteiger partial charge in [0.2, 0.25) is 0 Å². The van der Waals surface area contributed by atoms with E-state index in [4.69, 9.17) is 10.8 Å². The number of carboxylic acid groups (broad SMARTS) is 1. The summed E-state index contributed by atoms with van der Waals surface area (Å²) in [6.45, 7) is 0. The molecular weight excluding hydrogens is 257 g/mol. The number of carbonyl (C=O) groups is 1. The molecule has 106 valence electrons. The second-order valence-electron chi connectivity index (χ2n) is 2.63. The molecule has 0 fully saturated rings. The van der Waals surface area contributed by atoms with Crippen molar-refractivity contribution in [3.05, 3.63) is 35.9 Å². The second-order valence-corrected chi connectivity index (χ2v) is 2.63. The minimum atomic E-state index is -0.959. The molecule has 0 radical (unpaired) electrons. The van der Waals surface area contributed by atoms with E-state index in [2.05, 4.69) is 0 Å². The monoisotopic (exact) mass is 279 g/mol. The van der Waals surface area contributed by atoms with Crippen LogP contribution >= 0.6 is 0 Å². The van der Waals surface area contributed by atoms with Gasteiger partial charge in [0.1, 0.15) is 6.04 Å². The van der Waals surface area contributed by atoms with Crippen LogP contribution in [0.3, 0.4) is 0 Å². The van der Waals surface area contributed by atoms with Crippen molar-refractivity contribution >= 4 is 35.5 Å². The molecule has 0 aliphatic heterocycles. The number of carboxylic acids is 1. The SMILES string of the molecule is NC(Cc1ccccc1)C(=O)O.O.O.O.O.O.[NaH]. The van der Waals surface area contributed by atoms with Crippen molar-refractivity contribution in [2.24, 2.45) is 5.73 Å². The van der Waals surface area contributed by atoms with Crippen molar-refractivity contribution < 1.29 is 37.3 Å². The predicted molar refractivity (Wildman–Crippen MR) is 71.0 cm³/mol. The van der Waals surface area contributed by atoms with Crippen molar-refractivity contribution in [3.63, 3.8) is 0 Å². The van der Waals surface area contributed by atoms with Crippen molar-refractivity contribution in [1.82, 2.24) is 0 Å². The molecule has 1 atom stereocenters. The van der Waals surface area contributed by atoms with Crippen LogP contribution in [0.4, 0.5) is 0 Å². The molecule has 0 aliphatic carbocycles. The summed E-state index contributed by atoms with van der Waals surface area (Å²) < 4.78 is 0. The van der Waals surface area contributed by atoms with Gasteiger partial charge in [0.05, 0.1) is 0 Å². The first-order valence-corrected chi connectivity index (χ1v) is 3.72. The Bertz CT molecular complexity index is 273. The summed E-state index contributed by atoms with van der Waals surface area (Å²) in [6, 6.07) is 8.54. The van der Waals surface area contributed by atoms with Crippen LogP contribution in [0.1, 0.15) is 5.56 Å². The standard InChI is InChI=1S/C9H11NO2.Na.5H2O.H/c10-8(9(11)12)6-7-4-2-1-3-5-7;;;;;;;/h1-5,8H,6,10H2,(H,11,12);;5*1H2;. The van der Waals surface area contributed by atoms with Gasteiger partial charge >= 0.3 is 35.5 Å². The molecule has 1 rings (SSSR count). The minimum absolute atomic E-state index is 0. The molecule has 1 aromatic carbocycles. The molecule has 0 heterocycles. The quantitative estimate of drug-likeness (QED) is 0.526. The maximum atomic E-state index is 10.4. The molecule has 8 nitrogen and oxygen atoms in total. The van der Waals surface area contributed by atoms with Crippen LogP contribution in [0.5, 0.6) is 0 Å². The van der Waals surface area contributed by atoms with E-state index in [1.807, 2.05) is 30.3 Å². The Kier molecular flexibility index (Phi) is 37.6. The van der Waals surface area contributed by atoms with Gasteiger partial charge in [-0.25, -0.2) is 0 Å². The van der Waals surface area contributed by atoms with E-state index in [-0.39, 0.29) is 56.9 Å². The summed E-state index contributed by atoms with van der Waals surface area (Å²) in [5, 5.41) is 8.52. The molecule has 13 N–H and O–H groups in total. The third-order valence-electron chi connectivity index (χ3n) is 1.62. The first-order valence-electron chi connectivity index (χ1n) is 3.72. The number of aliphatic carboxylic acids is 1. The number of nitrogens with two attached hydrogens (primary N) is 1. The Labute approximate surface area is 127 Å². The summed E-state index contributed by atoms with van der Waals surface area (Å²) in [4.78, 5) is 10.4. The Balaban J connectivity index is -0.0000000600. The first kappa shape index (κ1) is 36.0. The molecule has 0 saturated heterocycles. The molecular formula is C9H22NNaO7. The third-order valence-corrected chi connectivity index (χ3v) is 1.62. The zero-order chi connectivity index (χ0) is 8.97.